The maximum atomic E-state index is 5.08. The van der Waals surface area contributed by atoms with Crippen LogP contribution in [0.4, 0.5) is 0 Å². The highest BCUT2D eigenvalue weighted by Crippen LogP contribution is 2.12. The normalized spacial score (nSPS) is 10.5. The fourth-order valence-electron chi connectivity index (χ4n) is 0.717. The molecule has 0 aromatic carbocycles. The second kappa shape index (κ2) is 2.71. The molecule has 0 saturated carbocycles. The van der Waals surface area contributed by atoms with E-state index in [0.29, 0.717) is 3.95 Å². The quantitative estimate of drug-likeness (QED) is 0.633. The summed E-state index contributed by atoms with van der Waals surface area (Å²) in [6.07, 6.45) is 1.90. The van der Waals surface area contributed by atoms with Crippen molar-refractivity contribution in [2.24, 2.45) is 0 Å². The highest BCUT2D eigenvalue weighted by Gasteiger charge is 1.94. The Balaban J connectivity index is 3.15. The first kappa shape index (κ1) is 7.48. The molecule has 6 heteroatoms. The van der Waals surface area contributed by atoms with E-state index >= 15 is 0 Å². The van der Waals surface area contributed by atoms with Gasteiger partial charge in [-0.2, -0.15) is 4.98 Å². The van der Waals surface area contributed by atoms with Crippen LogP contribution in [0.15, 0.2) is 11.6 Å². The number of hydrogen-bond acceptors (Lipinski definition) is 5. The molecule has 0 N–H and O–H groups in total. The van der Waals surface area contributed by atoms with Gasteiger partial charge in [-0.3, -0.25) is 4.40 Å². The van der Waals surface area contributed by atoms with Crippen molar-refractivity contribution < 1.29 is 0 Å². The molecule has 0 saturated heterocycles. The molecule has 0 amide bonds. The number of hydrogen-bond donors (Lipinski definition) is 0. The van der Waals surface area contributed by atoms with Crippen LogP contribution in [0.3, 0.4) is 0 Å². The fraction of sp³-hybridized carbons (Fsp3) is 0. The molecule has 0 bridgehead atoms. The lowest BCUT2D eigenvalue weighted by Crippen LogP contribution is -1.82. The highest BCUT2D eigenvalue weighted by atomic mass is 32.2. The number of thiazole rings is 1. The number of aromatic nitrogens is 2. The SMILES string of the molecule is S=c1nc2sccn2c(=S)s1. The molecular weight excluding hydrogens is 216 g/mol. The van der Waals surface area contributed by atoms with Gasteiger partial charge in [-0.25, -0.2) is 0 Å². The van der Waals surface area contributed by atoms with Crippen molar-refractivity contribution in [2.75, 3.05) is 0 Å². The van der Waals surface area contributed by atoms with Crippen molar-refractivity contribution in [1.82, 2.24) is 9.38 Å². The molecule has 0 fully saturated rings. The zero-order chi connectivity index (χ0) is 7.84. The zero-order valence-electron chi connectivity index (χ0n) is 5.18. The van der Waals surface area contributed by atoms with Crippen molar-refractivity contribution in [2.45, 2.75) is 0 Å². The lowest BCUT2D eigenvalue weighted by molar-refractivity contribution is 1.16. The molecule has 2 rings (SSSR count). The summed E-state index contributed by atoms with van der Waals surface area (Å²) >= 11 is 12.9. The number of rotatable bonds is 0. The Morgan fingerprint density at radius 3 is 3.09 bits per heavy atom. The lowest BCUT2D eigenvalue weighted by Gasteiger charge is -1.88. The molecule has 2 aromatic heterocycles. The maximum Gasteiger partial charge on any atom is 0.197 e. The summed E-state index contributed by atoms with van der Waals surface area (Å²) in [5.74, 6) is 0. The maximum absolute atomic E-state index is 5.08. The van der Waals surface area contributed by atoms with Gasteiger partial charge in [-0.15, -0.1) is 11.3 Å². The van der Waals surface area contributed by atoms with Crippen LogP contribution in [0.25, 0.3) is 4.96 Å². The first-order valence-corrected chi connectivity index (χ1v) is 5.25. The monoisotopic (exact) mass is 218 g/mol. The second-order valence-corrected chi connectivity index (χ2v) is 4.94. The van der Waals surface area contributed by atoms with E-state index in [1.54, 1.807) is 11.3 Å². The van der Waals surface area contributed by atoms with Crippen molar-refractivity contribution in [3.8, 4) is 0 Å². The summed E-state index contributed by atoms with van der Waals surface area (Å²) in [4.78, 5) is 5.02. The Labute approximate surface area is 80.8 Å². The van der Waals surface area contributed by atoms with Crippen LogP contribution >= 0.6 is 47.1 Å². The third-order valence-corrected chi connectivity index (χ3v) is 3.33. The lowest BCUT2D eigenvalue weighted by atomic mass is 10.9. The molecular formula is C5H2N2S4. The van der Waals surface area contributed by atoms with Crippen molar-refractivity contribution in [1.29, 1.82) is 0 Å². The minimum Gasteiger partial charge on any atom is -0.274 e. The van der Waals surface area contributed by atoms with Gasteiger partial charge in [0.2, 0.25) is 0 Å². The van der Waals surface area contributed by atoms with E-state index in [1.165, 1.54) is 11.3 Å². The molecule has 0 spiro atoms. The Morgan fingerprint density at radius 2 is 2.27 bits per heavy atom. The summed E-state index contributed by atoms with van der Waals surface area (Å²) in [6.45, 7) is 0. The van der Waals surface area contributed by atoms with Gasteiger partial charge in [-0.1, -0.05) is 11.3 Å². The number of fused-ring (bicyclic) bond motifs is 1. The predicted molar refractivity (Wildman–Crippen MR) is 52.6 cm³/mol. The molecule has 0 atom stereocenters. The summed E-state index contributed by atoms with van der Waals surface area (Å²) in [5.41, 5.74) is 0. The van der Waals surface area contributed by atoms with Crippen LogP contribution < -0.4 is 0 Å². The van der Waals surface area contributed by atoms with E-state index in [9.17, 15) is 0 Å². The largest absolute Gasteiger partial charge is 0.274 e. The minimum atomic E-state index is 0.609. The van der Waals surface area contributed by atoms with E-state index in [1.807, 2.05) is 16.0 Å². The van der Waals surface area contributed by atoms with Crippen LogP contribution in [0, 0.1) is 7.91 Å². The van der Waals surface area contributed by atoms with Gasteiger partial charge in [0.1, 0.15) is 0 Å². The molecule has 2 nitrogen and oxygen atoms in total. The predicted octanol–water partition coefficient (Wildman–Crippen LogP) is 2.92. The van der Waals surface area contributed by atoms with Crippen molar-refractivity contribution in [3.05, 3.63) is 19.5 Å². The molecule has 2 heterocycles. The molecule has 0 aliphatic rings. The van der Waals surface area contributed by atoms with Crippen molar-refractivity contribution in [3.63, 3.8) is 0 Å². The van der Waals surface area contributed by atoms with Gasteiger partial charge in [0.25, 0.3) is 0 Å². The highest BCUT2D eigenvalue weighted by molar-refractivity contribution is 7.75. The summed E-state index contributed by atoms with van der Waals surface area (Å²) in [7, 11) is 0. The van der Waals surface area contributed by atoms with E-state index in [-0.39, 0.29) is 0 Å². The second-order valence-electron chi connectivity index (χ2n) is 1.80. The van der Waals surface area contributed by atoms with Crippen LogP contribution in [0.1, 0.15) is 0 Å². The molecule has 0 radical (unpaired) electrons. The Bertz CT molecular complexity index is 491. The average molecular weight is 218 g/mol. The average Bonchev–Trinajstić information content (AvgIpc) is 2.34. The molecule has 0 aliphatic carbocycles. The number of nitrogens with zero attached hydrogens (tertiary/aromatic N) is 2. The topological polar surface area (TPSA) is 17.3 Å². The Hall–Kier alpha value is -0.170. The van der Waals surface area contributed by atoms with Crippen LogP contribution in [-0.4, -0.2) is 9.38 Å². The standard InChI is InChI=1S/C5H2N2S4/c8-4-6-3-7(1-2-10-3)5(9)11-4/h1-2H. The van der Waals surface area contributed by atoms with Gasteiger partial charge in [0.05, 0.1) is 0 Å². The summed E-state index contributed by atoms with van der Waals surface area (Å²) < 4.78 is 3.24. The molecule has 2 aromatic rings. The Kier molecular flexibility index (Phi) is 1.84. The van der Waals surface area contributed by atoms with Crippen molar-refractivity contribution >= 4 is 52.1 Å². The molecule has 56 valence electrons. The third kappa shape index (κ3) is 1.26. The third-order valence-electron chi connectivity index (χ3n) is 1.15. The van der Waals surface area contributed by atoms with E-state index in [4.69, 9.17) is 24.4 Å². The van der Waals surface area contributed by atoms with Gasteiger partial charge in [0, 0.05) is 11.6 Å². The minimum absolute atomic E-state index is 0.609. The molecule has 0 unspecified atom stereocenters. The smallest absolute Gasteiger partial charge is 0.197 e. The summed E-state index contributed by atoms with van der Waals surface area (Å²) in [5, 5.41) is 1.94. The van der Waals surface area contributed by atoms with Gasteiger partial charge in [-0.05, 0) is 24.4 Å². The Morgan fingerprint density at radius 1 is 1.45 bits per heavy atom. The first-order valence-electron chi connectivity index (χ1n) is 2.74. The van der Waals surface area contributed by atoms with Gasteiger partial charge in [0.15, 0.2) is 12.9 Å². The van der Waals surface area contributed by atoms with Crippen LogP contribution in [0.2, 0.25) is 0 Å². The molecule has 11 heavy (non-hydrogen) atoms. The van der Waals surface area contributed by atoms with E-state index in [2.05, 4.69) is 4.98 Å². The first-order chi connectivity index (χ1) is 5.27. The van der Waals surface area contributed by atoms with Crippen LogP contribution in [0.5, 0.6) is 0 Å². The van der Waals surface area contributed by atoms with E-state index in [0.717, 1.165) is 8.92 Å². The van der Waals surface area contributed by atoms with Crippen LogP contribution in [-0.2, 0) is 0 Å². The summed E-state index contributed by atoms with van der Waals surface area (Å²) in [6, 6.07) is 0. The fourth-order valence-corrected chi connectivity index (χ4v) is 3.05. The van der Waals surface area contributed by atoms with E-state index < -0.39 is 0 Å². The molecule has 0 aliphatic heterocycles. The zero-order valence-corrected chi connectivity index (χ0v) is 8.45. The van der Waals surface area contributed by atoms with Gasteiger partial charge >= 0.3 is 0 Å². The van der Waals surface area contributed by atoms with Gasteiger partial charge < -0.3 is 0 Å².